The van der Waals surface area contributed by atoms with Gasteiger partial charge in [0.15, 0.2) is 0 Å². The molecular formula is C13H15F3N2O2S. The van der Waals surface area contributed by atoms with Gasteiger partial charge >= 0.3 is 6.18 Å². The second-order valence-corrected chi connectivity index (χ2v) is 7.24. The molecule has 0 aliphatic carbocycles. The number of nitrogens with zero attached hydrogens (tertiary/aromatic N) is 1. The lowest BCUT2D eigenvalue weighted by atomic mass is 10.1. The lowest BCUT2D eigenvalue weighted by molar-refractivity contribution is -0.139. The smallest absolute Gasteiger partial charge is 0.315 e. The highest BCUT2D eigenvalue weighted by Crippen LogP contribution is 2.38. The van der Waals surface area contributed by atoms with E-state index in [-0.39, 0.29) is 18.5 Å². The van der Waals surface area contributed by atoms with Crippen LogP contribution in [0.3, 0.4) is 0 Å². The summed E-state index contributed by atoms with van der Waals surface area (Å²) in [4.78, 5) is -0.648. The molecule has 2 aliphatic heterocycles. The second-order valence-electron chi connectivity index (χ2n) is 5.38. The quantitative estimate of drug-likeness (QED) is 0.902. The Morgan fingerprint density at radius 2 is 1.90 bits per heavy atom. The zero-order valence-electron chi connectivity index (χ0n) is 11.1. The summed E-state index contributed by atoms with van der Waals surface area (Å²) in [5, 5.41) is 3.09. The van der Waals surface area contributed by atoms with Crippen molar-refractivity contribution in [2.45, 2.75) is 23.5 Å². The summed E-state index contributed by atoms with van der Waals surface area (Å²) in [6, 6.07) is 4.13. The number of halogens is 3. The Labute approximate surface area is 121 Å². The first kappa shape index (κ1) is 14.8. The van der Waals surface area contributed by atoms with Crippen molar-refractivity contribution in [1.82, 2.24) is 9.62 Å². The fourth-order valence-corrected chi connectivity index (χ4v) is 5.07. The molecule has 21 heavy (non-hydrogen) atoms. The summed E-state index contributed by atoms with van der Waals surface area (Å²) in [6.07, 6.45) is -4.00. The average molecular weight is 320 g/mol. The van der Waals surface area contributed by atoms with Gasteiger partial charge in [-0.2, -0.15) is 17.5 Å². The van der Waals surface area contributed by atoms with E-state index in [1.807, 2.05) is 0 Å². The third-order valence-electron chi connectivity index (χ3n) is 4.17. The van der Waals surface area contributed by atoms with Crippen LogP contribution >= 0.6 is 0 Å². The van der Waals surface area contributed by atoms with Gasteiger partial charge in [-0.3, -0.25) is 0 Å². The van der Waals surface area contributed by atoms with Crippen molar-refractivity contribution >= 4 is 10.0 Å². The Kier molecular flexibility index (Phi) is 3.50. The predicted molar refractivity (Wildman–Crippen MR) is 70.1 cm³/mol. The maximum Gasteiger partial charge on any atom is 0.417 e. The zero-order chi connectivity index (χ0) is 15.3. The molecule has 0 amide bonds. The molecule has 0 spiro atoms. The predicted octanol–water partition coefficient (Wildman–Crippen LogP) is 1.69. The van der Waals surface area contributed by atoms with Crippen LogP contribution in [0.2, 0.25) is 0 Å². The van der Waals surface area contributed by atoms with Crippen LogP contribution in [0.4, 0.5) is 13.2 Å². The van der Waals surface area contributed by atoms with Crippen molar-refractivity contribution in [3.63, 3.8) is 0 Å². The molecule has 2 saturated heterocycles. The van der Waals surface area contributed by atoms with Crippen LogP contribution in [0.5, 0.6) is 0 Å². The maximum atomic E-state index is 13.0. The van der Waals surface area contributed by atoms with Crippen LogP contribution in [-0.4, -0.2) is 38.4 Å². The van der Waals surface area contributed by atoms with Gasteiger partial charge in [0.05, 0.1) is 10.5 Å². The molecule has 3 rings (SSSR count). The molecule has 0 unspecified atom stereocenters. The van der Waals surface area contributed by atoms with E-state index in [2.05, 4.69) is 5.32 Å². The summed E-state index contributed by atoms with van der Waals surface area (Å²) < 4.78 is 65.6. The minimum Gasteiger partial charge on any atom is -0.315 e. The molecule has 116 valence electrons. The molecule has 2 atom stereocenters. The van der Waals surface area contributed by atoms with Gasteiger partial charge in [-0.25, -0.2) is 8.42 Å². The normalized spacial score (nSPS) is 27.0. The Hall–Kier alpha value is -1.12. The maximum absolute atomic E-state index is 13.0. The van der Waals surface area contributed by atoms with Crippen LogP contribution in [0.25, 0.3) is 0 Å². The molecule has 4 nitrogen and oxygen atoms in total. The van der Waals surface area contributed by atoms with Gasteiger partial charge < -0.3 is 5.32 Å². The number of nitrogens with one attached hydrogen (secondary N) is 1. The second kappa shape index (κ2) is 4.96. The molecule has 1 aromatic rings. The highest BCUT2D eigenvalue weighted by Gasteiger charge is 2.46. The first-order valence-corrected chi connectivity index (χ1v) is 8.14. The molecule has 1 aromatic carbocycles. The summed E-state index contributed by atoms with van der Waals surface area (Å²) in [7, 11) is -4.13. The Morgan fingerprint density at radius 1 is 1.19 bits per heavy atom. The minimum absolute atomic E-state index is 0.192. The highest BCUT2D eigenvalue weighted by molar-refractivity contribution is 7.89. The molecule has 0 bridgehead atoms. The first-order chi connectivity index (χ1) is 9.82. The van der Waals surface area contributed by atoms with Crippen LogP contribution in [0.15, 0.2) is 29.2 Å². The number of hydrogen-bond acceptors (Lipinski definition) is 3. The summed E-state index contributed by atoms with van der Waals surface area (Å²) in [6.45, 7) is 1.50. The monoisotopic (exact) mass is 320 g/mol. The standard InChI is InChI=1S/C13H15F3N2O2S/c14-13(15,16)10-3-1-2-4-12(10)21(19,20)18-6-5-9-7-17-8-11(9)18/h1-4,9,11,17H,5-8H2/t9-,11+/m0/s1. The third-order valence-corrected chi connectivity index (χ3v) is 6.16. The lowest BCUT2D eigenvalue weighted by Crippen LogP contribution is -2.39. The van der Waals surface area contributed by atoms with Crippen LogP contribution in [-0.2, 0) is 16.2 Å². The fraction of sp³-hybridized carbons (Fsp3) is 0.538. The van der Waals surface area contributed by atoms with Crippen LogP contribution in [0.1, 0.15) is 12.0 Å². The van der Waals surface area contributed by atoms with Gasteiger partial charge in [0.1, 0.15) is 0 Å². The summed E-state index contributed by atoms with van der Waals surface area (Å²) in [5.74, 6) is 0.192. The molecular weight excluding hydrogens is 305 g/mol. The molecule has 0 radical (unpaired) electrons. The number of rotatable bonds is 2. The Balaban J connectivity index is 2.04. The largest absolute Gasteiger partial charge is 0.417 e. The summed E-state index contributed by atoms with van der Waals surface area (Å²) in [5.41, 5.74) is -1.10. The van der Waals surface area contributed by atoms with Crippen molar-refractivity contribution in [2.24, 2.45) is 5.92 Å². The summed E-state index contributed by atoms with van der Waals surface area (Å²) >= 11 is 0. The van der Waals surface area contributed by atoms with E-state index in [0.717, 1.165) is 18.7 Å². The lowest BCUT2D eigenvalue weighted by Gasteiger charge is -2.24. The average Bonchev–Trinajstić information content (AvgIpc) is 2.99. The van der Waals surface area contributed by atoms with E-state index in [1.165, 1.54) is 16.4 Å². The molecule has 2 aliphatic rings. The van der Waals surface area contributed by atoms with Crippen molar-refractivity contribution in [2.75, 3.05) is 19.6 Å². The van der Waals surface area contributed by atoms with E-state index in [4.69, 9.17) is 0 Å². The number of hydrogen-bond donors (Lipinski definition) is 1. The SMILES string of the molecule is O=S(=O)(c1ccccc1C(F)(F)F)N1CC[C@H]2CNC[C@H]21. The Bertz CT molecular complexity index is 645. The topological polar surface area (TPSA) is 49.4 Å². The van der Waals surface area contributed by atoms with E-state index < -0.39 is 26.7 Å². The van der Waals surface area contributed by atoms with Crippen LogP contribution in [0, 0.1) is 5.92 Å². The number of fused-ring (bicyclic) bond motifs is 1. The highest BCUT2D eigenvalue weighted by atomic mass is 32.2. The van der Waals surface area contributed by atoms with E-state index in [0.29, 0.717) is 13.0 Å². The fourth-order valence-electron chi connectivity index (χ4n) is 3.16. The van der Waals surface area contributed by atoms with Gasteiger partial charge in [0.25, 0.3) is 0 Å². The zero-order valence-corrected chi connectivity index (χ0v) is 11.9. The van der Waals surface area contributed by atoms with Gasteiger partial charge in [0, 0.05) is 19.1 Å². The number of alkyl halides is 3. The van der Waals surface area contributed by atoms with Gasteiger partial charge in [-0.15, -0.1) is 0 Å². The number of benzene rings is 1. The van der Waals surface area contributed by atoms with Crippen molar-refractivity contribution < 1.29 is 21.6 Å². The molecule has 2 fully saturated rings. The first-order valence-electron chi connectivity index (χ1n) is 6.70. The minimum atomic E-state index is -4.68. The van der Waals surface area contributed by atoms with E-state index in [1.54, 1.807) is 0 Å². The molecule has 0 aromatic heterocycles. The van der Waals surface area contributed by atoms with E-state index >= 15 is 0 Å². The molecule has 2 heterocycles. The van der Waals surface area contributed by atoms with Crippen molar-refractivity contribution in [3.05, 3.63) is 29.8 Å². The van der Waals surface area contributed by atoms with Crippen molar-refractivity contribution in [3.8, 4) is 0 Å². The molecule has 1 N–H and O–H groups in total. The van der Waals surface area contributed by atoms with Gasteiger partial charge in [-0.1, -0.05) is 12.1 Å². The van der Waals surface area contributed by atoms with Gasteiger partial charge in [-0.05, 0) is 31.0 Å². The third kappa shape index (κ3) is 2.45. The molecule has 8 heteroatoms. The Morgan fingerprint density at radius 3 is 2.62 bits per heavy atom. The van der Waals surface area contributed by atoms with E-state index in [9.17, 15) is 21.6 Å². The number of sulfonamides is 1. The van der Waals surface area contributed by atoms with Crippen molar-refractivity contribution in [1.29, 1.82) is 0 Å². The molecule has 0 saturated carbocycles. The van der Waals surface area contributed by atoms with Crippen LogP contribution < -0.4 is 5.32 Å². The van der Waals surface area contributed by atoms with Gasteiger partial charge in [0.2, 0.25) is 10.0 Å².